The molecule has 0 radical (unpaired) electrons. The second-order valence-electron chi connectivity index (χ2n) is 5.04. The van der Waals surface area contributed by atoms with Crippen molar-refractivity contribution in [2.75, 3.05) is 6.61 Å². The molecule has 0 saturated heterocycles. The summed E-state index contributed by atoms with van der Waals surface area (Å²) in [5.74, 6) is -0.447. The number of hydrogen-bond donors (Lipinski definition) is 1. The van der Waals surface area contributed by atoms with Gasteiger partial charge in [0.1, 0.15) is 5.75 Å². The maximum Gasteiger partial charge on any atom is 0.306 e. The summed E-state index contributed by atoms with van der Waals surface area (Å²) in [6.07, 6.45) is 1.53. The third kappa shape index (κ3) is 5.18. The number of carboxylic acid groups (broad SMARTS) is 1. The van der Waals surface area contributed by atoms with Gasteiger partial charge >= 0.3 is 5.97 Å². The molecule has 0 aromatic heterocycles. The third-order valence-electron chi connectivity index (χ3n) is 3.26. The number of nitriles is 1. The summed E-state index contributed by atoms with van der Waals surface area (Å²) in [5, 5.41) is 28.6. The first-order valence-electron chi connectivity index (χ1n) is 7.31. The number of carbonyl (C=O) groups is 1. The van der Waals surface area contributed by atoms with E-state index < -0.39 is 10.9 Å². The lowest BCUT2D eigenvalue weighted by Gasteiger charge is -2.05. The number of carboxylic acids is 1. The molecule has 2 rings (SSSR count). The van der Waals surface area contributed by atoms with E-state index in [2.05, 4.69) is 6.07 Å². The molecule has 0 aliphatic carbocycles. The van der Waals surface area contributed by atoms with E-state index in [9.17, 15) is 20.2 Å². The van der Waals surface area contributed by atoms with Crippen molar-refractivity contribution in [3.05, 3.63) is 69.8 Å². The van der Waals surface area contributed by atoms with Crippen molar-refractivity contribution in [3.63, 3.8) is 0 Å². The van der Waals surface area contributed by atoms with Crippen LogP contribution in [0, 0.1) is 21.4 Å². The molecule has 126 valence electrons. The molecule has 0 spiro atoms. The van der Waals surface area contributed by atoms with Crippen molar-refractivity contribution in [1.29, 1.82) is 5.26 Å². The largest absolute Gasteiger partial charge is 0.493 e. The molecule has 25 heavy (non-hydrogen) atoms. The first-order valence-corrected chi connectivity index (χ1v) is 7.31. The van der Waals surface area contributed by atoms with E-state index >= 15 is 0 Å². The number of nitro groups is 1. The molecule has 0 saturated carbocycles. The zero-order chi connectivity index (χ0) is 18.2. The maximum absolute atomic E-state index is 10.7. The average molecular weight is 338 g/mol. The summed E-state index contributed by atoms with van der Waals surface area (Å²) in [7, 11) is 0. The summed E-state index contributed by atoms with van der Waals surface area (Å²) in [6, 6.07) is 14.6. The van der Waals surface area contributed by atoms with Crippen molar-refractivity contribution >= 4 is 23.3 Å². The number of rotatable bonds is 7. The van der Waals surface area contributed by atoms with Crippen LogP contribution in [-0.2, 0) is 4.79 Å². The van der Waals surface area contributed by atoms with Crippen LogP contribution in [0.5, 0.6) is 5.75 Å². The molecule has 0 unspecified atom stereocenters. The van der Waals surface area contributed by atoms with E-state index in [0.717, 1.165) is 0 Å². The standard InChI is InChI=1S/C18H14N2O5/c19-12-15(14-4-6-16(7-5-14)20(23)24)10-13-2-1-3-17(11-13)25-9-8-18(21)22/h1-7,10-11H,8-9H2,(H,21,22)/b15-10-. The average Bonchev–Trinajstić information content (AvgIpc) is 2.60. The highest BCUT2D eigenvalue weighted by molar-refractivity contribution is 5.89. The topological polar surface area (TPSA) is 113 Å². The van der Waals surface area contributed by atoms with Crippen molar-refractivity contribution in [2.45, 2.75) is 6.42 Å². The van der Waals surface area contributed by atoms with E-state index in [1.165, 1.54) is 24.3 Å². The first-order chi connectivity index (χ1) is 12.0. The van der Waals surface area contributed by atoms with Crippen LogP contribution < -0.4 is 4.74 Å². The number of nitro benzene ring substituents is 1. The summed E-state index contributed by atoms with van der Waals surface area (Å²) >= 11 is 0. The lowest BCUT2D eigenvalue weighted by atomic mass is 10.0. The monoisotopic (exact) mass is 338 g/mol. The number of aliphatic carboxylic acids is 1. The van der Waals surface area contributed by atoms with Gasteiger partial charge in [0.2, 0.25) is 0 Å². The Hall–Kier alpha value is -3.66. The summed E-state index contributed by atoms with van der Waals surface area (Å²) in [6.45, 7) is 0.0515. The molecule has 2 aromatic rings. The Bertz CT molecular complexity index is 851. The van der Waals surface area contributed by atoms with Gasteiger partial charge in [0, 0.05) is 12.1 Å². The lowest BCUT2D eigenvalue weighted by Crippen LogP contribution is -2.04. The van der Waals surface area contributed by atoms with Gasteiger partial charge in [-0.15, -0.1) is 0 Å². The molecule has 7 nitrogen and oxygen atoms in total. The molecule has 0 fully saturated rings. The first kappa shape index (κ1) is 17.7. The van der Waals surface area contributed by atoms with Crippen LogP contribution in [0.2, 0.25) is 0 Å². The number of ether oxygens (including phenoxy) is 1. The minimum absolute atomic E-state index is 0.0464. The Morgan fingerprint density at radius 2 is 2.00 bits per heavy atom. The fraction of sp³-hybridized carbons (Fsp3) is 0.111. The Morgan fingerprint density at radius 3 is 2.60 bits per heavy atom. The highest BCUT2D eigenvalue weighted by atomic mass is 16.6. The van der Waals surface area contributed by atoms with Gasteiger partial charge < -0.3 is 9.84 Å². The second kappa shape index (κ2) is 8.26. The van der Waals surface area contributed by atoms with E-state index in [0.29, 0.717) is 22.4 Å². The molecule has 2 aromatic carbocycles. The van der Waals surface area contributed by atoms with Gasteiger partial charge in [-0.25, -0.2) is 0 Å². The van der Waals surface area contributed by atoms with E-state index in [-0.39, 0.29) is 18.7 Å². The lowest BCUT2D eigenvalue weighted by molar-refractivity contribution is -0.384. The normalized spacial score (nSPS) is 10.8. The minimum atomic E-state index is -0.944. The van der Waals surface area contributed by atoms with Crippen molar-refractivity contribution in [3.8, 4) is 11.8 Å². The summed E-state index contributed by atoms with van der Waals surface area (Å²) < 4.78 is 5.35. The third-order valence-corrected chi connectivity index (χ3v) is 3.26. The smallest absolute Gasteiger partial charge is 0.306 e. The highest BCUT2D eigenvalue weighted by Crippen LogP contribution is 2.22. The Morgan fingerprint density at radius 1 is 1.28 bits per heavy atom. The van der Waals surface area contributed by atoms with Crippen molar-refractivity contribution < 1.29 is 19.6 Å². The van der Waals surface area contributed by atoms with Crippen LogP contribution >= 0.6 is 0 Å². The Balaban J connectivity index is 2.20. The molecule has 0 aliphatic heterocycles. The molecule has 0 atom stereocenters. The predicted octanol–water partition coefficient (Wildman–Crippen LogP) is 3.51. The van der Waals surface area contributed by atoms with Crippen molar-refractivity contribution in [1.82, 2.24) is 0 Å². The van der Waals surface area contributed by atoms with Crippen LogP contribution in [-0.4, -0.2) is 22.6 Å². The second-order valence-corrected chi connectivity index (χ2v) is 5.04. The van der Waals surface area contributed by atoms with Crippen molar-refractivity contribution in [2.24, 2.45) is 0 Å². The Kier molecular flexibility index (Phi) is 5.85. The maximum atomic E-state index is 10.7. The van der Waals surface area contributed by atoms with Gasteiger partial charge in [0.25, 0.3) is 5.69 Å². The zero-order valence-corrected chi connectivity index (χ0v) is 13.1. The van der Waals surface area contributed by atoms with E-state index in [4.69, 9.17) is 9.84 Å². The zero-order valence-electron chi connectivity index (χ0n) is 13.1. The molecular formula is C18H14N2O5. The number of hydrogen-bond acceptors (Lipinski definition) is 5. The van der Waals surface area contributed by atoms with Crippen LogP contribution in [0.15, 0.2) is 48.5 Å². The molecular weight excluding hydrogens is 324 g/mol. The quantitative estimate of drug-likeness (QED) is 0.358. The van der Waals surface area contributed by atoms with Gasteiger partial charge in [-0.1, -0.05) is 12.1 Å². The van der Waals surface area contributed by atoms with Gasteiger partial charge in [0.05, 0.1) is 29.6 Å². The van der Waals surface area contributed by atoms with Crippen LogP contribution in [0.1, 0.15) is 17.5 Å². The number of benzene rings is 2. The molecule has 0 heterocycles. The fourth-order valence-electron chi connectivity index (χ4n) is 2.06. The van der Waals surface area contributed by atoms with Gasteiger partial charge in [-0.2, -0.15) is 5.26 Å². The van der Waals surface area contributed by atoms with Gasteiger partial charge in [-0.3, -0.25) is 14.9 Å². The molecule has 7 heteroatoms. The SMILES string of the molecule is N#C/C(=C/c1cccc(OCCC(=O)O)c1)c1ccc([N+](=O)[O-])cc1. The highest BCUT2D eigenvalue weighted by Gasteiger charge is 2.07. The summed E-state index contributed by atoms with van der Waals surface area (Å²) in [5.41, 5.74) is 1.56. The van der Waals surface area contributed by atoms with E-state index in [1.807, 2.05) is 0 Å². The van der Waals surface area contributed by atoms with Crippen LogP contribution in [0.25, 0.3) is 11.6 Å². The van der Waals surface area contributed by atoms with E-state index in [1.54, 1.807) is 30.3 Å². The molecule has 0 aliphatic rings. The van der Waals surface area contributed by atoms with Crippen LogP contribution in [0.4, 0.5) is 5.69 Å². The Labute approximate surface area is 143 Å². The molecule has 0 amide bonds. The molecule has 1 N–H and O–H groups in total. The predicted molar refractivity (Wildman–Crippen MR) is 90.8 cm³/mol. The number of non-ortho nitro benzene ring substituents is 1. The minimum Gasteiger partial charge on any atom is -0.493 e. The fourth-order valence-corrected chi connectivity index (χ4v) is 2.06. The van der Waals surface area contributed by atoms with Gasteiger partial charge in [-0.05, 0) is 41.5 Å². The summed E-state index contributed by atoms with van der Waals surface area (Å²) in [4.78, 5) is 20.7. The number of allylic oxidation sites excluding steroid dienone is 1. The number of nitrogens with zero attached hydrogens (tertiary/aromatic N) is 2. The van der Waals surface area contributed by atoms with Gasteiger partial charge in [0.15, 0.2) is 0 Å². The molecule has 0 bridgehead atoms. The van der Waals surface area contributed by atoms with Crippen LogP contribution in [0.3, 0.4) is 0 Å².